The highest BCUT2D eigenvalue weighted by Gasteiger charge is 2.15. The Labute approximate surface area is 142 Å². The van der Waals surface area contributed by atoms with Crippen molar-refractivity contribution in [1.82, 2.24) is 9.97 Å². The molecule has 0 fully saturated rings. The van der Waals surface area contributed by atoms with Gasteiger partial charge in [0.2, 0.25) is 0 Å². The maximum atomic E-state index is 12.5. The van der Waals surface area contributed by atoms with E-state index in [1.165, 1.54) is 6.26 Å². The number of nitrogens with one attached hydrogen (secondary N) is 2. The number of hydrogen-bond donors (Lipinski definition) is 2. The van der Waals surface area contributed by atoms with Crippen molar-refractivity contribution < 1.29 is 9.21 Å². The molecule has 2 heterocycles. The summed E-state index contributed by atoms with van der Waals surface area (Å²) < 4.78 is 5.10. The second kappa shape index (κ2) is 6.09. The van der Waals surface area contributed by atoms with Gasteiger partial charge in [-0.15, -0.1) is 0 Å². The molecular weight excluding hydrogens is 318 g/mol. The molecule has 0 unspecified atom stereocenters. The van der Waals surface area contributed by atoms with E-state index in [0.717, 1.165) is 0 Å². The molecule has 2 aromatic carbocycles. The molecule has 25 heavy (non-hydrogen) atoms. The first-order chi connectivity index (χ1) is 12.2. The quantitative estimate of drug-likeness (QED) is 0.602. The minimum Gasteiger partial charge on any atom is -0.459 e. The average Bonchev–Trinajstić information content (AvgIpc) is 3.17. The molecule has 0 saturated carbocycles. The number of carbonyl (C=O) groups excluding carboxylic acids is 1. The van der Waals surface area contributed by atoms with E-state index in [4.69, 9.17) is 4.42 Å². The lowest BCUT2D eigenvalue weighted by Gasteiger charge is -2.10. The van der Waals surface area contributed by atoms with E-state index in [2.05, 4.69) is 15.3 Å². The standard InChI is InChI=1S/C19H13N3O3/c23-18(16-10-5-11-25-16)21-13-7-2-1-6-12(13)17-19(24)22-15-9-4-3-8-14(15)20-17/h1-11H,(H,21,23)(H,22,24). The number of hydrogen-bond acceptors (Lipinski definition) is 4. The van der Waals surface area contributed by atoms with Crippen LogP contribution in [-0.2, 0) is 0 Å². The summed E-state index contributed by atoms with van der Waals surface area (Å²) in [5.74, 6) is -0.204. The van der Waals surface area contributed by atoms with Gasteiger partial charge in [0.25, 0.3) is 11.5 Å². The molecule has 6 heteroatoms. The molecule has 2 N–H and O–H groups in total. The SMILES string of the molecule is O=C(Nc1ccccc1-c1nc2ccccc2[nH]c1=O)c1ccco1. The van der Waals surface area contributed by atoms with E-state index >= 15 is 0 Å². The van der Waals surface area contributed by atoms with Crippen LogP contribution in [0.2, 0.25) is 0 Å². The van der Waals surface area contributed by atoms with Crippen molar-refractivity contribution in [2.75, 3.05) is 5.32 Å². The molecule has 6 nitrogen and oxygen atoms in total. The number of anilines is 1. The largest absolute Gasteiger partial charge is 0.459 e. The van der Waals surface area contributed by atoms with Crippen LogP contribution >= 0.6 is 0 Å². The van der Waals surface area contributed by atoms with Crippen molar-refractivity contribution in [2.45, 2.75) is 0 Å². The zero-order valence-electron chi connectivity index (χ0n) is 13.0. The number of aromatic nitrogens is 2. The zero-order valence-corrected chi connectivity index (χ0v) is 13.0. The van der Waals surface area contributed by atoms with Crippen LogP contribution in [0.5, 0.6) is 0 Å². The Bertz CT molecular complexity index is 1110. The maximum Gasteiger partial charge on any atom is 0.291 e. The Balaban J connectivity index is 1.80. The number of aromatic amines is 1. The highest BCUT2D eigenvalue weighted by Crippen LogP contribution is 2.25. The van der Waals surface area contributed by atoms with Gasteiger partial charge in [-0.05, 0) is 30.3 Å². The Hall–Kier alpha value is -3.67. The molecule has 0 bridgehead atoms. The Morgan fingerprint density at radius 1 is 1.00 bits per heavy atom. The predicted octanol–water partition coefficient (Wildman–Crippen LogP) is 3.44. The first kappa shape index (κ1) is 14.9. The molecule has 0 aliphatic rings. The van der Waals surface area contributed by atoms with Crippen LogP contribution in [0.15, 0.2) is 76.1 Å². The topological polar surface area (TPSA) is 88.0 Å². The van der Waals surface area contributed by atoms with E-state index in [0.29, 0.717) is 22.3 Å². The third kappa shape index (κ3) is 2.81. The van der Waals surface area contributed by atoms with Gasteiger partial charge in [-0.1, -0.05) is 30.3 Å². The molecule has 4 aromatic rings. The van der Waals surface area contributed by atoms with Gasteiger partial charge in [0.15, 0.2) is 5.76 Å². The van der Waals surface area contributed by atoms with Crippen molar-refractivity contribution >= 4 is 22.6 Å². The van der Waals surface area contributed by atoms with Crippen LogP contribution in [0.3, 0.4) is 0 Å². The van der Waals surface area contributed by atoms with Crippen LogP contribution in [-0.4, -0.2) is 15.9 Å². The number of fused-ring (bicyclic) bond motifs is 1. The van der Waals surface area contributed by atoms with Crippen molar-refractivity contribution in [3.05, 3.63) is 83.0 Å². The number of benzene rings is 2. The van der Waals surface area contributed by atoms with Crippen molar-refractivity contribution in [1.29, 1.82) is 0 Å². The van der Waals surface area contributed by atoms with Crippen LogP contribution in [0.25, 0.3) is 22.3 Å². The smallest absolute Gasteiger partial charge is 0.291 e. The van der Waals surface area contributed by atoms with Crippen molar-refractivity contribution in [3.8, 4) is 11.3 Å². The first-order valence-corrected chi connectivity index (χ1v) is 7.66. The third-order valence-electron chi connectivity index (χ3n) is 3.77. The lowest BCUT2D eigenvalue weighted by molar-refractivity contribution is 0.0996. The second-order valence-corrected chi connectivity index (χ2v) is 5.41. The summed E-state index contributed by atoms with van der Waals surface area (Å²) in [6.07, 6.45) is 1.43. The summed E-state index contributed by atoms with van der Waals surface area (Å²) in [4.78, 5) is 32.0. The molecule has 1 amide bonds. The van der Waals surface area contributed by atoms with Gasteiger partial charge in [0.1, 0.15) is 5.69 Å². The monoisotopic (exact) mass is 331 g/mol. The Kier molecular flexibility index (Phi) is 3.63. The minimum absolute atomic E-state index is 0.190. The summed E-state index contributed by atoms with van der Waals surface area (Å²) in [5, 5.41) is 2.76. The normalized spacial score (nSPS) is 10.7. The van der Waals surface area contributed by atoms with Gasteiger partial charge in [-0.2, -0.15) is 0 Å². The van der Waals surface area contributed by atoms with Crippen LogP contribution in [0.1, 0.15) is 10.6 Å². The molecule has 0 radical (unpaired) electrons. The molecule has 4 rings (SSSR count). The fourth-order valence-electron chi connectivity index (χ4n) is 2.60. The third-order valence-corrected chi connectivity index (χ3v) is 3.77. The van der Waals surface area contributed by atoms with Crippen LogP contribution < -0.4 is 10.9 Å². The molecule has 0 saturated heterocycles. The predicted molar refractivity (Wildman–Crippen MR) is 94.5 cm³/mol. The number of carbonyl (C=O) groups is 1. The van der Waals surface area contributed by atoms with Crippen LogP contribution in [0.4, 0.5) is 5.69 Å². The molecule has 0 aliphatic carbocycles. The molecular formula is C19H13N3O3. The number of amides is 1. The first-order valence-electron chi connectivity index (χ1n) is 7.66. The summed E-state index contributed by atoms with van der Waals surface area (Å²) >= 11 is 0. The molecule has 2 aromatic heterocycles. The lowest BCUT2D eigenvalue weighted by Crippen LogP contribution is -2.15. The number of nitrogens with zero attached hydrogens (tertiary/aromatic N) is 1. The van der Waals surface area contributed by atoms with Gasteiger partial charge in [0.05, 0.1) is 23.0 Å². The van der Waals surface area contributed by atoms with Crippen molar-refractivity contribution in [3.63, 3.8) is 0 Å². The van der Waals surface area contributed by atoms with Gasteiger partial charge in [-0.3, -0.25) is 9.59 Å². The highest BCUT2D eigenvalue weighted by atomic mass is 16.3. The summed E-state index contributed by atoms with van der Waals surface area (Å²) in [7, 11) is 0. The van der Waals surface area contributed by atoms with Crippen molar-refractivity contribution in [2.24, 2.45) is 0 Å². The van der Waals surface area contributed by atoms with Crippen LogP contribution in [0, 0.1) is 0 Å². The number of para-hydroxylation sites is 3. The van der Waals surface area contributed by atoms with E-state index < -0.39 is 5.91 Å². The lowest BCUT2D eigenvalue weighted by atomic mass is 10.1. The molecule has 0 spiro atoms. The summed E-state index contributed by atoms with van der Waals surface area (Å²) in [5.41, 5.74) is 2.27. The second-order valence-electron chi connectivity index (χ2n) is 5.41. The molecule has 0 aliphatic heterocycles. The van der Waals surface area contributed by atoms with Gasteiger partial charge < -0.3 is 14.7 Å². The average molecular weight is 331 g/mol. The number of furan rings is 1. The maximum absolute atomic E-state index is 12.5. The fourth-order valence-corrected chi connectivity index (χ4v) is 2.60. The minimum atomic E-state index is -0.394. The zero-order chi connectivity index (χ0) is 17.2. The number of rotatable bonds is 3. The molecule has 122 valence electrons. The van der Waals surface area contributed by atoms with E-state index in [1.54, 1.807) is 42.5 Å². The summed E-state index contributed by atoms with van der Waals surface area (Å²) in [6, 6.07) is 17.5. The van der Waals surface area contributed by atoms with E-state index in [1.807, 2.05) is 18.2 Å². The van der Waals surface area contributed by atoms with E-state index in [-0.39, 0.29) is 17.0 Å². The van der Waals surface area contributed by atoms with E-state index in [9.17, 15) is 9.59 Å². The number of H-pyrrole nitrogens is 1. The Morgan fingerprint density at radius 3 is 2.64 bits per heavy atom. The van der Waals surface area contributed by atoms with Gasteiger partial charge in [0, 0.05) is 5.56 Å². The molecule has 0 atom stereocenters. The fraction of sp³-hybridized carbons (Fsp3) is 0. The highest BCUT2D eigenvalue weighted by molar-refractivity contribution is 6.04. The Morgan fingerprint density at radius 2 is 1.80 bits per heavy atom. The van der Waals surface area contributed by atoms with Gasteiger partial charge >= 0.3 is 0 Å². The van der Waals surface area contributed by atoms with Gasteiger partial charge in [-0.25, -0.2) is 4.98 Å². The summed E-state index contributed by atoms with van der Waals surface area (Å²) in [6.45, 7) is 0.